The Bertz CT molecular complexity index is 1390. The SMILES string of the molecule is COc1ccc(C(=O)NCC(=O)c2ccc(OC)c(-c3ccccc3-c3ccccc3)n2)cc1OC. The molecular formula is C29H26N2O5. The maximum atomic E-state index is 13.0. The Kier molecular flexibility index (Phi) is 7.60. The lowest BCUT2D eigenvalue weighted by Crippen LogP contribution is -2.30. The molecule has 0 aliphatic heterocycles. The van der Waals surface area contributed by atoms with Gasteiger partial charge in [-0.15, -0.1) is 0 Å². The van der Waals surface area contributed by atoms with Crippen molar-refractivity contribution in [1.29, 1.82) is 0 Å². The van der Waals surface area contributed by atoms with Gasteiger partial charge in [0, 0.05) is 11.1 Å². The number of carbonyl (C=O) groups is 2. The van der Waals surface area contributed by atoms with Crippen LogP contribution in [0.1, 0.15) is 20.8 Å². The number of pyridine rings is 1. The lowest BCUT2D eigenvalue weighted by molar-refractivity contribution is 0.0902. The highest BCUT2D eigenvalue weighted by molar-refractivity contribution is 6.02. The van der Waals surface area contributed by atoms with Crippen molar-refractivity contribution in [3.05, 3.63) is 96.2 Å². The van der Waals surface area contributed by atoms with Crippen molar-refractivity contribution in [3.63, 3.8) is 0 Å². The minimum Gasteiger partial charge on any atom is -0.494 e. The summed E-state index contributed by atoms with van der Waals surface area (Å²) in [5, 5.41) is 2.65. The van der Waals surface area contributed by atoms with Crippen molar-refractivity contribution >= 4 is 11.7 Å². The Morgan fingerprint density at radius 2 is 1.36 bits per heavy atom. The summed E-state index contributed by atoms with van der Waals surface area (Å²) >= 11 is 0. The molecule has 0 bridgehead atoms. The average Bonchev–Trinajstić information content (AvgIpc) is 2.95. The van der Waals surface area contributed by atoms with Gasteiger partial charge in [-0.3, -0.25) is 9.59 Å². The van der Waals surface area contributed by atoms with Crippen LogP contribution in [0.3, 0.4) is 0 Å². The Morgan fingerprint density at radius 3 is 2.06 bits per heavy atom. The molecule has 4 rings (SSSR count). The molecule has 0 spiro atoms. The molecule has 1 heterocycles. The van der Waals surface area contributed by atoms with Crippen molar-refractivity contribution in [2.75, 3.05) is 27.9 Å². The summed E-state index contributed by atoms with van der Waals surface area (Å²) in [5.74, 6) is 0.743. The van der Waals surface area contributed by atoms with E-state index in [9.17, 15) is 9.59 Å². The fourth-order valence-electron chi connectivity index (χ4n) is 3.85. The van der Waals surface area contributed by atoms with Crippen LogP contribution in [0.2, 0.25) is 0 Å². The van der Waals surface area contributed by atoms with Gasteiger partial charge >= 0.3 is 0 Å². The second kappa shape index (κ2) is 11.2. The van der Waals surface area contributed by atoms with Gasteiger partial charge in [0.25, 0.3) is 5.91 Å². The van der Waals surface area contributed by atoms with E-state index in [0.717, 1.165) is 16.7 Å². The average molecular weight is 483 g/mol. The summed E-state index contributed by atoms with van der Waals surface area (Å²) in [7, 11) is 4.58. The number of hydrogen-bond acceptors (Lipinski definition) is 6. The Morgan fingerprint density at radius 1 is 0.722 bits per heavy atom. The summed E-state index contributed by atoms with van der Waals surface area (Å²) in [5.41, 5.74) is 3.95. The fourth-order valence-corrected chi connectivity index (χ4v) is 3.85. The van der Waals surface area contributed by atoms with Crippen LogP contribution in [0.4, 0.5) is 0 Å². The van der Waals surface area contributed by atoms with Gasteiger partial charge in [0.1, 0.15) is 17.1 Å². The van der Waals surface area contributed by atoms with Crippen LogP contribution >= 0.6 is 0 Å². The lowest BCUT2D eigenvalue weighted by Gasteiger charge is -2.14. The zero-order valence-corrected chi connectivity index (χ0v) is 20.3. The summed E-state index contributed by atoms with van der Waals surface area (Å²) in [6.07, 6.45) is 0. The number of benzene rings is 3. The minimum absolute atomic E-state index is 0.216. The third kappa shape index (κ3) is 5.20. The predicted molar refractivity (Wildman–Crippen MR) is 138 cm³/mol. The number of ketones is 1. The van der Waals surface area contributed by atoms with E-state index in [2.05, 4.69) is 10.3 Å². The lowest BCUT2D eigenvalue weighted by atomic mass is 9.96. The van der Waals surface area contributed by atoms with E-state index in [4.69, 9.17) is 14.2 Å². The molecule has 1 N–H and O–H groups in total. The van der Waals surface area contributed by atoms with Crippen molar-refractivity contribution in [2.24, 2.45) is 0 Å². The van der Waals surface area contributed by atoms with Crippen molar-refractivity contribution in [2.45, 2.75) is 0 Å². The molecule has 0 fully saturated rings. The maximum absolute atomic E-state index is 13.0. The van der Waals surface area contributed by atoms with E-state index in [1.165, 1.54) is 14.2 Å². The van der Waals surface area contributed by atoms with Crippen LogP contribution in [0.15, 0.2) is 84.9 Å². The zero-order chi connectivity index (χ0) is 25.5. The zero-order valence-electron chi connectivity index (χ0n) is 20.3. The first-order valence-corrected chi connectivity index (χ1v) is 11.3. The Balaban J connectivity index is 1.58. The number of nitrogens with zero attached hydrogens (tertiary/aromatic N) is 1. The maximum Gasteiger partial charge on any atom is 0.251 e. The molecule has 0 aliphatic carbocycles. The summed E-state index contributed by atoms with van der Waals surface area (Å²) < 4.78 is 16.0. The van der Waals surface area contributed by atoms with E-state index >= 15 is 0 Å². The monoisotopic (exact) mass is 482 g/mol. The standard InChI is InChI=1S/C29H26N2O5/c1-34-25-15-13-20(17-27(25)36-3)29(33)30-18-24(32)23-14-16-26(35-2)28(31-23)22-12-8-7-11-21(22)19-9-5-4-6-10-19/h4-17H,18H2,1-3H3,(H,30,33). The van der Waals surface area contributed by atoms with E-state index in [0.29, 0.717) is 28.5 Å². The number of nitrogens with one attached hydrogen (secondary N) is 1. The van der Waals surface area contributed by atoms with Crippen LogP contribution in [-0.4, -0.2) is 44.5 Å². The van der Waals surface area contributed by atoms with Gasteiger partial charge in [-0.2, -0.15) is 0 Å². The first-order valence-electron chi connectivity index (χ1n) is 11.3. The summed E-state index contributed by atoms with van der Waals surface area (Å²) in [4.78, 5) is 30.3. The highest BCUT2D eigenvalue weighted by atomic mass is 16.5. The van der Waals surface area contributed by atoms with Crippen molar-refractivity contribution < 1.29 is 23.8 Å². The van der Waals surface area contributed by atoms with Crippen molar-refractivity contribution in [1.82, 2.24) is 10.3 Å². The quantitative estimate of drug-likeness (QED) is 0.336. The molecule has 36 heavy (non-hydrogen) atoms. The summed E-state index contributed by atoms with van der Waals surface area (Å²) in [6.45, 7) is -0.216. The van der Waals surface area contributed by atoms with Crippen LogP contribution in [-0.2, 0) is 0 Å². The topological polar surface area (TPSA) is 86.8 Å². The third-order valence-electron chi connectivity index (χ3n) is 5.69. The molecule has 3 aromatic carbocycles. The molecule has 182 valence electrons. The molecule has 0 unspecified atom stereocenters. The molecule has 0 saturated carbocycles. The van der Waals surface area contributed by atoms with Gasteiger partial charge in [-0.1, -0.05) is 54.6 Å². The number of amides is 1. The number of carbonyl (C=O) groups excluding carboxylic acids is 2. The molecule has 7 heteroatoms. The number of ether oxygens (including phenoxy) is 3. The van der Waals surface area contributed by atoms with Gasteiger partial charge in [0.15, 0.2) is 17.3 Å². The van der Waals surface area contributed by atoms with Gasteiger partial charge in [0.2, 0.25) is 0 Å². The molecule has 0 radical (unpaired) electrons. The van der Waals surface area contributed by atoms with Crippen LogP contribution in [0.5, 0.6) is 17.2 Å². The fraction of sp³-hybridized carbons (Fsp3) is 0.138. The molecule has 1 amide bonds. The first kappa shape index (κ1) is 24.5. The molecule has 0 atom stereocenters. The van der Waals surface area contributed by atoms with Gasteiger partial charge in [0.05, 0.1) is 27.9 Å². The van der Waals surface area contributed by atoms with Crippen LogP contribution < -0.4 is 19.5 Å². The van der Waals surface area contributed by atoms with E-state index < -0.39 is 5.91 Å². The smallest absolute Gasteiger partial charge is 0.251 e. The summed E-state index contributed by atoms with van der Waals surface area (Å²) in [6, 6.07) is 25.9. The highest BCUT2D eigenvalue weighted by Crippen LogP contribution is 2.36. The second-order valence-electron chi connectivity index (χ2n) is 7.83. The predicted octanol–water partition coefficient (Wildman–Crippen LogP) is 5.05. The number of rotatable bonds is 9. The van der Waals surface area contributed by atoms with Gasteiger partial charge in [-0.25, -0.2) is 4.98 Å². The number of aromatic nitrogens is 1. The molecule has 4 aromatic rings. The van der Waals surface area contributed by atoms with Crippen molar-refractivity contribution in [3.8, 4) is 39.6 Å². The number of Topliss-reactive ketones (excluding diaryl/α,β-unsaturated/α-hetero) is 1. The molecular weight excluding hydrogens is 456 g/mol. The largest absolute Gasteiger partial charge is 0.494 e. The molecule has 7 nitrogen and oxygen atoms in total. The second-order valence-corrected chi connectivity index (χ2v) is 7.83. The van der Waals surface area contributed by atoms with Gasteiger partial charge in [-0.05, 0) is 41.5 Å². The Hall–Kier alpha value is -4.65. The van der Waals surface area contributed by atoms with E-state index in [1.54, 1.807) is 37.4 Å². The number of hydrogen-bond donors (Lipinski definition) is 1. The van der Waals surface area contributed by atoms with Crippen LogP contribution in [0, 0.1) is 0 Å². The molecule has 0 aliphatic rings. The molecule has 1 aromatic heterocycles. The minimum atomic E-state index is -0.410. The molecule has 0 saturated heterocycles. The van der Waals surface area contributed by atoms with Crippen LogP contribution in [0.25, 0.3) is 22.4 Å². The number of methoxy groups -OCH3 is 3. The van der Waals surface area contributed by atoms with E-state index in [1.807, 2.05) is 54.6 Å². The normalized spacial score (nSPS) is 10.4. The Labute approximate surface area is 209 Å². The highest BCUT2D eigenvalue weighted by Gasteiger charge is 2.18. The van der Waals surface area contributed by atoms with E-state index in [-0.39, 0.29) is 18.0 Å². The first-order chi connectivity index (χ1) is 17.5. The van der Waals surface area contributed by atoms with Gasteiger partial charge < -0.3 is 19.5 Å². The third-order valence-corrected chi connectivity index (χ3v) is 5.69.